The standard InChI is InChI=1S/C18H21Cl2N/c1-3-21-12-16(15-7-4-13(2)5-8-15)10-14-6-9-17(19)18(20)11-14/h4-9,11,16,21H,3,10,12H2,1-2H3. The SMILES string of the molecule is CCNCC(Cc1ccc(Cl)c(Cl)c1)c1ccc(C)cc1. The molecular formula is C18H21Cl2N. The molecule has 0 fully saturated rings. The molecule has 0 saturated heterocycles. The van der Waals surface area contributed by atoms with Crippen LogP contribution in [-0.4, -0.2) is 13.1 Å². The molecule has 0 bridgehead atoms. The van der Waals surface area contributed by atoms with Crippen molar-refractivity contribution in [3.05, 3.63) is 69.2 Å². The van der Waals surface area contributed by atoms with Crippen molar-refractivity contribution in [2.45, 2.75) is 26.2 Å². The summed E-state index contributed by atoms with van der Waals surface area (Å²) in [4.78, 5) is 0. The first-order valence-corrected chi connectivity index (χ1v) is 8.07. The van der Waals surface area contributed by atoms with Crippen LogP contribution >= 0.6 is 23.2 Å². The van der Waals surface area contributed by atoms with E-state index < -0.39 is 0 Å². The van der Waals surface area contributed by atoms with Crippen LogP contribution in [-0.2, 0) is 6.42 Å². The van der Waals surface area contributed by atoms with Gasteiger partial charge in [-0.25, -0.2) is 0 Å². The molecule has 3 heteroatoms. The molecule has 0 saturated carbocycles. The Kier molecular flexibility index (Phi) is 6.10. The van der Waals surface area contributed by atoms with Gasteiger partial charge in [0.05, 0.1) is 10.0 Å². The van der Waals surface area contributed by atoms with Crippen molar-refractivity contribution in [1.82, 2.24) is 5.32 Å². The van der Waals surface area contributed by atoms with Crippen LogP contribution in [0, 0.1) is 6.92 Å². The fourth-order valence-electron chi connectivity index (χ4n) is 2.42. The fourth-order valence-corrected chi connectivity index (χ4v) is 2.74. The van der Waals surface area contributed by atoms with Crippen LogP contribution in [0.5, 0.6) is 0 Å². The maximum atomic E-state index is 6.12. The molecule has 1 unspecified atom stereocenters. The zero-order valence-corrected chi connectivity index (χ0v) is 14.0. The lowest BCUT2D eigenvalue weighted by Gasteiger charge is -2.18. The van der Waals surface area contributed by atoms with Crippen molar-refractivity contribution in [3.63, 3.8) is 0 Å². The minimum atomic E-state index is 0.433. The number of nitrogens with one attached hydrogen (secondary N) is 1. The van der Waals surface area contributed by atoms with E-state index in [-0.39, 0.29) is 0 Å². The van der Waals surface area contributed by atoms with Gasteiger partial charge in [-0.05, 0) is 43.1 Å². The third-order valence-electron chi connectivity index (χ3n) is 3.66. The lowest BCUT2D eigenvalue weighted by atomic mass is 9.91. The summed E-state index contributed by atoms with van der Waals surface area (Å²) in [5.41, 5.74) is 3.86. The second-order valence-electron chi connectivity index (χ2n) is 5.37. The number of halogens is 2. The summed E-state index contributed by atoms with van der Waals surface area (Å²) in [6.45, 7) is 6.18. The lowest BCUT2D eigenvalue weighted by molar-refractivity contribution is 0.595. The largest absolute Gasteiger partial charge is 0.316 e. The molecule has 2 aromatic carbocycles. The average molecular weight is 322 g/mol. The number of rotatable bonds is 6. The van der Waals surface area contributed by atoms with E-state index in [1.807, 2.05) is 12.1 Å². The van der Waals surface area contributed by atoms with Gasteiger partial charge in [-0.1, -0.05) is 66.0 Å². The minimum absolute atomic E-state index is 0.433. The Hall–Kier alpha value is -1.02. The summed E-state index contributed by atoms with van der Waals surface area (Å²) in [5.74, 6) is 0.433. The maximum absolute atomic E-state index is 6.12. The van der Waals surface area contributed by atoms with E-state index in [0.717, 1.165) is 19.5 Å². The highest BCUT2D eigenvalue weighted by molar-refractivity contribution is 6.42. The summed E-state index contributed by atoms with van der Waals surface area (Å²) in [6, 6.07) is 14.7. The molecule has 112 valence electrons. The second-order valence-corrected chi connectivity index (χ2v) is 6.18. The molecule has 1 atom stereocenters. The Morgan fingerprint density at radius 1 is 1.00 bits per heavy atom. The molecule has 0 aliphatic carbocycles. The molecule has 2 aromatic rings. The minimum Gasteiger partial charge on any atom is -0.316 e. The number of benzene rings is 2. The van der Waals surface area contributed by atoms with Gasteiger partial charge in [0, 0.05) is 12.5 Å². The number of hydrogen-bond donors (Lipinski definition) is 1. The first-order valence-electron chi connectivity index (χ1n) is 7.31. The molecular weight excluding hydrogens is 301 g/mol. The summed E-state index contributed by atoms with van der Waals surface area (Å²) >= 11 is 12.1. The van der Waals surface area contributed by atoms with Crippen molar-refractivity contribution in [2.75, 3.05) is 13.1 Å². The van der Waals surface area contributed by atoms with Gasteiger partial charge in [-0.3, -0.25) is 0 Å². The van der Waals surface area contributed by atoms with E-state index >= 15 is 0 Å². The Morgan fingerprint density at radius 3 is 2.33 bits per heavy atom. The lowest BCUT2D eigenvalue weighted by Crippen LogP contribution is -2.22. The van der Waals surface area contributed by atoms with Gasteiger partial charge < -0.3 is 5.32 Å². The maximum Gasteiger partial charge on any atom is 0.0595 e. The number of aryl methyl sites for hydroxylation is 1. The van der Waals surface area contributed by atoms with Crippen LogP contribution in [0.25, 0.3) is 0 Å². The van der Waals surface area contributed by atoms with Crippen molar-refractivity contribution >= 4 is 23.2 Å². The predicted molar refractivity (Wildman–Crippen MR) is 92.6 cm³/mol. The first-order chi connectivity index (χ1) is 10.1. The van der Waals surface area contributed by atoms with Gasteiger partial charge >= 0.3 is 0 Å². The van der Waals surface area contributed by atoms with Crippen LogP contribution in [0.1, 0.15) is 29.5 Å². The van der Waals surface area contributed by atoms with Gasteiger partial charge in [0.2, 0.25) is 0 Å². The molecule has 21 heavy (non-hydrogen) atoms. The molecule has 0 amide bonds. The molecule has 1 N–H and O–H groups in total. The van der Waals surface area contributed by atoms with Gasteiger partial charge in [-0.2, -0.15) is 0 Å². The highest BCUT2D eigenvalue weighted by Crippen LogP contribution is 2.26. The van der Waals surface area contributed by atoms with Gasteiger partial charge in [-0.15, -0.1) is 0 Å². The zero-order chi connectivity index (χ0) is 15.2. The van der Waals surface area contributed by atoms with Crippen molar-refractivity contribution in [3.8, 4) is 0 Å². The third kappa shape index (κ3) is 4.74. The van der Waals surface area contributed by atoms with Crippen LogP contribution in [0.15, 0.2) is 42.5 Å². The van der Waals surface area contributed by atoms with Gasteiger partial charge in [0.15, 0.2) is 0 Å². The van der Waals surface area contributed by atoms with E-state index in [4.69, 9.17) is 23.2 Å². The van der Waals surface area contributed by atoms with E-state index in [9.17, 15) is 0 Å². The van der Waals surface area contributed by atoms with Crippen molar-refractivity contribution in [1.29, 1.82) is 0 Å². The van der Waals surface area contributed by atoms with E-state index in [2.05, 4.69) is 49.5 Å². The molecule has 0 aromatic heterocycles. The van der Waals surface area contributed by atoms with E-state index in [1.165, 1.54) is 16.7 Å². The molecule has 0 spiro atoms. The molecule has 0 aliphatic rings. The van der Waals surface area contributed by atoms with E-state index in [0.29, 0.717) is 16.0 Å². The number of hydrogen-bond acceptors (Lipinski definition) is 1. The molecule has 0 radical (unpaired) electrons. The van der Waals surface area contributed by atoms with Crippen molar-refractivity contribution in [2.24, 2.45) is 0 Å². The first kappa shape index (κ1) is 16.4. The normalized spacial score (nSPS) is 12.4. The highest BCUT2D eigenvalue weighted by atomic mass is 35.5. The molecule has 2 rings (SSSR count). The summed E-state index contributed by atoms with van der Waals surface area (Å²) in [6.07, 6.45) is 0.951. The van der Waals surface area contributed by atoms with Crippen LogP contribution < -0.4 is 5.32 Å². The molecule has 0 heterocycles. The predicted octanol–water partition coefficient (Wildman–Crippen LogP) is 5.24. The summed E-state index contributed by atoms with van der Waals surface area (Å²) in [5, 5.41) is 4.68. The summed E-state index contributed by atoms with van der Waals surface area (Å²) in [7, 11) is 0. The molecule has 1 nitrogen and oxygen atoms in total. The Morgan fingerprint density at radius 2 is 1.71 bits per heavy atom. The molecule has 0 aliphatic heterocycles. The fraction of sp³-hybridized carbons (Fsp3) is 0.333. The highest BCUT2D eigenvalue weighted by Gasteiger charge is 2.13. The van der Waals surface area contributed by atoms with Gasteiger partial charge in [0.25, 0.3) is 0 Å². The monoisotopic (exact) mass is 321 g/mol. The Labute approximate surface area is 137 Å². The van der Waals surface area contributed by atoms with E-state index in [1.54, 1.807) is 0 Å². The smallest absolute Gasteiger partial charge is 0.0595 e. The average Bonchev–Trinajstić information content (AvgIpc) is 2.48. The van der Waals surface area contributed by atoms with Crippen LogP contribution in [0.4, 0.5) is 0 Å². The Bertz CT molecular complexity index is 578. The number of likely N-dealkylation sites (N-methyl/N-ethyl adjacent to an activating group) is 1. The zero-order valence-electron chi connectivity index (χ0n) is 12.5. The van der Waals surface area contributed by atoms with Gasteiger partial charge in [0.1, 0.15) is 0 Å². The second kappa shape index (κ2) is 7.84. The topological polar surface area (TPSA) is 12.0 Å². The summed E-state index contributed by atoms with van der Waals surface area (Å²) < 4.78 is 0. The third-order valence-corrected chi connectivity index (χ3v) is 4.39. The Balaban J connectivity index is 2.19. The quantitative estimate of drug-likeness (QED) is 0.767. The van der Waals surface area contributed by atoms with Crippen LogP contribution in [0.2, 0.25) is 10.0 Å². The van der Waals surface area contributed by atoms with Crippen molar-refractivity contribution < 1.29 is 0 Å². The van der Waals surface area contributed by atoms with Crippen LogP contribution in [0.3, 0.4) is 0 Å².